The zero-order valence-corrected chi connectivity index (χ0v) is 16.7. The Bertz CT molecular complexity index is 919. The standard InChI is InChI=1S/C21H26N2O3S/c1-3-4-14-26-18-10-13-20-17(15-18)6-5-7-21(20)22-23-27(24,25)19-11-8-16(2)9-12-19/h8-13,15,23H,3-7,14H2,1-2H3/b22-21+. The summed E-state index contributed by atoms with van der Waals surface area (Å²) in [6, 6.07) is 12.7. The van der Waals surface area contributed by atoms with E-state index in [1.807, 2.05) is 25.1 Å². The third-order valence-corrected chi connectivity index (χ3v) is 5.87. The number of rotatable bonds is 7. The monoisotopic (exact) mass is 386 g/mol. The lowest BCUT2D eigenvalue weighted by Crippen LogP contribution is -2.22. The Labute approximate surface area is 161 Å². The average molecular weight is 387 g/mol. The Balaban J connectivity index is 1.77. The van der Waals surface area contributed by atoms with Crippen LogP contribution in [0.25, 0.3) is 0 Å². The molecule has 0 fully saturated rings. The fraction of sp³-hybridized carbons (Fsp3) is 0.381. The van der Waals surface area contributed by atoms with Gasteiger partial charge in [0.1, 0.15) is 5.75 Å². The predicted octanol–water partition coefficient (Wildman–Crippen LogP) is 4.19. The van der Waals surface area contributed by atoms with Crippen molar-refractivity contribution in [1.82, 2.24) is 4.83 Å². The topological polar surface area (TPSA) is 67.8 Å². The normalized spacial score (nSPS) is 15.4. The van der Waals surface area contributed by atoms with Crippen LogP contribution in [0.4, 0.5) is 0 Å². The summed E-state index contributed by atoms with van der Waals surface area (Å²) in [6.07, 6.45) is 4.77. The summed E-state index contributed by atoms with van der Waals surface area (Å²) >= 11 is 0. The van der Waals surface area contributed by atoms with Gasteiger partial charge in [0, 0.05) is 5.56 Å². The molecule has 2 aromatic carbocycles. The lowest BCUT2D eigenvalue weighted by molar-refractivity contribution is 0.309. The summed E-state index contributed by atoms with van der Waals surface area (Å²) < 4.78 is 30.7. The first-order valence-corrected chi connectivity index (χ1v) is 10.9. The van der Waals surface area contributed by atoms with Gasteiger partial charge >= 0.3 is 0 Å². The van der Waals surface area contributed by atoms with Crippen molar-refractivity contribution in [2.24, 2.45) is 5.10 Å². The molecule has 0 amide bonds. The maximum atomic E-state index is 12.5. The quantitative estimate of drug-likeness (QED) is 0.573. The van der Waals surface area contributed by atoms with Crippen LogP contribution in [0.3, 0.4) is 0 Å². The lowest BCUT2D eigenvalue weighted by Gasteiger charge is -2.19. The van der Waals surface area contributed by atoms with E-state index in [9.17, 15) is 8.42 Å². The van der Waals surface area contributed by atoms with Crippen LogP contribution in [-0.4, -0.2) is 20.7 Å². The second-order valence-electron chi connectivity index (χ2n) is 6.84. The molecule has 0 saturated carbocycles. The van der Waals surface area contributed by atoms with Gasteiger partial charge in [-0.1, -0.05) is 31.0 Å². The fourth-order valence-corrected chi connectivity index (χ4v) is 3.90. The van der Waals surface area contributed by atoms with E-state index in [0.29, 0.717) is 6.61 Å². The Hall–Kier alpha value is -2.34. The first-order chi connectivity index (χ1) is 13.0. The molecule has 1 aliphatic carbocycles. The molecule has 0 heterocycles. The molecule has 3 rings (SSSR count). The van der Waals surface area contributed by atoms with Crippen molar-refractivity contribution in [3.05, 3.63) is 59.2 Å². The summed E-state index contributed by atoms with van der Waals surface area (Å²) in [5, 5.41) is 4.24. The third kappa shape index (κ3) is 4.89. The van der Waals surface area contributed by atoms with Gasteiger partial charge in [0.15, 0.2) is 0 Å². The van der Waals surface area contributed by atoms with Crippen LogP contribution >= 0.6 is 0 Å². The lowest BCUT2D eigenvalue weighted by atomic mass is 9.90. The van der Waals surface area contributed by atoms with Gasteiger partial charge in [-0.3, -0.25) is 0 Å². The smallest absolute Gasteiger partial charge is 0.276 e. The molecule has 1 N–H and O–H groups in total. The molecule has 0 radical (unpaired) electrons. The summed E-state index contributed by atoms with van der Waals surface area (Å²) in [7, 11) is -3.66. The largest absolute Gasteiger partial charge is 0.494 e. The first kappa shape index (κ1) is 19.4. The molecule has 0 bridgehead atoms. The van der Waals surface area contributed by atoms with Crippen molar-refractivity contribution in [2.75, 3.05) is 6.61 Å². The summed E-state index contributed by atoms with van der Waals surface area (Å²) in [5.74, 6) is 0.865. The number of benzene rings is 2. The average Bonchev–Trinajstić information content (AvgIpc) is 2.67. The van der Waals surface area contributed by atoms with Crippen LogP contribution in [-0.2, 0) is 16.4 Å². The van der Waals surface area contributed by atoms with Crippen LogP contribution in [0.5, 0.6) is 5.75 Å². The highest BCUT2D eigenvalue weighted by Crippen LogP contribution is 2.26. The number of nitrogens with one attached hydrogen (secondary N) is 1. The zero-order valence-electron chi connectivity index (χ0n) is 15.9. The van der Waals surface area contributed by atoms with Gasteiger partial charge in [-0.05, 0) is 68.5 Å². The van der Waals surface area contributed by atoms with E-state index >= 15 is 0 Å². The van der Waals surface area contributed by atoms with Crippen molar-refractivity contribution in [1.29, 1.82) is 0 Å². The molecule has 6 heteroatoms. The summed E-state index contributed by atoms with van der Waals surface area (Å²) in [6.45, 7) is 4.77. The van der Waals surface area contributed by atoms with Gasteiger partial charge in [0.05, 0.1) is 17.2 Å². The maximum absolute atomic E-state index is 12.5. The van der Waals surface area contributed by atoms with Gasteiger partial charge in [0.2, 0.25) is 0 Å². The van der Waals surface area contributed by atoms with Gasteiger partial charge in [-0.25, -0.2) is 0 Å². The van der Waals surface area contributed by atoms with E-state index in [-0.39, 0.29) is 4.90 Å². The Morgan fingerprint density at radius 2 is 1.89 bits per heavy atom. The van der Waals surface area contributed by atoms with Crippen LogP contribution in [0.2, 0.25) is 0 Å². The highest BCUT2D eigenvalue weighted by atomic mass is 32.2. The van der Waals surface area contributed by atoms with E-state index < -0.39 is 10.0 Å². The molecule has 5 nitrogen and oxygen atoms in total. The zero-order chi connectivity index (χ0) is 19.3. The number of fused-ring (bicyclic) bond motifs is 1. The Kier molecular flexibility index (Phi) is 6.16. The Morgan fingerprint density at radius 3 is 2.63 bits per heavy atom. The molecule has 2 aromatic rings. The van der Waals surface area contributed by atoms with E-state index in [4.69, 9.17) is 4.74 Å². The SMILES string of the molecule is CCCCOc1ccc2c(c1)CCC/C2=N\NS(=O)(=O)c1ccc(C)cc1. The Morgan fingerprint density at radius 1 is 1.11 bits per heavy atom. The van der Waals surface area contributed by atoms with Gasteiger partial charge in [0.25, 0.3) is 10.0 Å². The minimum atomic E-state index is -3.66. The van der Waals surface area contributed by atoms with E-state index in [2.05, 4.69) is 16.9 Å². The van der Waals surface area contributed by atoms with Crippen molar-refractivity contribution < 1.29 is 13.2 Å². The second kappa shape index (κ2) is 8.57. The van der Waals surface area contributed by atoms with Crippen molar-refractivity contribution >= 4 is 15.7 Å². The minimum Gasteiger partial charge on any atom is -0.494 e. The molecule has 0 unspecified atom stereocenters. The first-order valence-electron chi connectivity index (χ1n) is 9.41. The molecule has 0 spiro atoms. The molecule has 1 aliphatic rings. The van der Waals surface area contributed by atoms with Crippen molar-refractivity contribution in [3.63, 3.8) is 0 Å². The van der Waals surface area contributed by atoms with Crippen LogP contribution in [0.1, 0.15) is 49.3 Å². The van der Waals surface area contributed by atoms with Crippen molar-refractivity contribution in [3.8, 4) is 5.75 Å². The predicted molar refractivity (Wildman–Crippen MR) is 108 cm³/mol. The fourth-order valence-electron chi connectivity index (χ4n) is 3.06. The summed E-state index contributed by atoms with van der Waals surface area (Å²) in [4.78, 5) is 2.61. The number of nitrogens with zero attached hydrogens (tertiary/aromatic N) is 1. The molecule has 0 aliphatic heterocycles. The number of hydrazone groups is 1. The number of ether oxygens (including phenoxy) is 1. The van der Waals surface area contributed by atoms with Gasteiger partial charge < -0.3 is 4.74 Å². The van der Waals surface area contributed by atoms with Crippen LogP contribution in [0.15, 0.2) is 52.5 Å². The highest BCUT2D eigenvalue weighted by Gasteiger charge is 2.18. The number of hydrogen-bond acceptors (Lipinski definition) is 4. The molecule has 0 atom stereocenters. The number of sulfonamides is 1. The maximum Gasteiger partial charge on any atom is 0.276 e. The summed E-state index contributed by atoms with van der Waals surface area (Å²) in [5.41, 5.74) is 3.93. The number of unbranched alkanes of at least 4 members (excludes halogenated alkanes) is 1. The molecule has 0 saturated heterocycles. The minimum absolute atomic E-state index is 0.216. The number of aryl methyl sites for hydroxylation is 2. The van der Waals surface area contributed by atoms with Gasteiger partial charge in [-0.2, -0.15) is 18.4 Å². The second-order valence-corrected chi connectivity index (χ2v) is 8.50. The van der Waals surface area contributed by atoms with E-state index in [0.717, 1.165) is 60.3 Å². The van der Waals surface area contributed by atoms with E-state index in [1.165, 1.54) is 0 Å². The molecular weight excluding hydrogens is 360 g/mol. The van der Waals surface area contributed by atoms with Gasteiger partial charge in [-0.15, -0.1) is 0 Å². The molecular formula is C21H26N2O3S. The number of hydrogen-bond donors (Lipinski definition) is 1. The van der Waals surface area contributed by atoms with Crippen LogP contribution < -0.4 is 9.57 Å². The molecule has 144 valence electrons. The third-order valence-electron chi connectivity index (χ3n) is 4.65. The van der Waals surface area contributed by atoms with E-state index in [1.54, 1.807) is 24.3 Å². The molecule has 0 aromatic heterocycles. The molecule has 27 heavy (non-hydrogen) atoms. The van der Waals surface area contributed by atoms with Crippen LogP contribution in [0, 0.1) is 6.92 Å². The highest BCUT2D eigenvalue weighted by molar-refractivity contribution is 7.89. The van der Waals surface area contributed by atoms with Crippen molar-refractivity contribution in [2.45, 2.75) is 50.8 Å².